The third-order valence-corrected chi connectivity index (χ3v) is 4.89. The molecule has 0 bridgehead atoms. The Morgan fingerprint density at radius 1 is 0.577 bits per heavy atom. The molecule has 0 unspecified atom stereocenters. The number of thioether (sulfide) groups is 2. The molecule has 0 aliphatic heterocycles. The maximum absolute atomic E-state index is 11.7. The van der Waals surface area contributed by atoms with Crippen LogP contribution in [0.5, 0.6) is 0 Å². The number of carbonyl (C=O) groups excluding carboxylic acids is 2. The van der Waals surface area contributed by atoms with E-state index in [1.807, 2.05) is 0 Å². The van der Waals surface area contributed by atoms with Gasteiger partial charge in [0.15, 0.2) is 10.2 Å². The monoisotopic (exact) mass is 446 g/mol. The molecule has 0 rings (SSSR count). The molecular weight excluding hydrogens is 416 g/mol. The minimum Gasteiger partial charge on any atom is -0.378 e. The van der Waals surface area contributed by atoms with Gasteiger partial charge in [-0.25, -0.2) is 0 Å². The maximum Gasteiger partial charge on any atom is 0.189 e. The van der Waals surface area contributed by atoms with Gasteiger partial charge in [0.05, 0.1) is 52.9 Å². The second-order valence-electron chi connectivity index (χ2n) is 4.84. The van der Waals surface area contributed by atoms with Crippen LogP contribution < -0.4 is 0 Å². The Hall–Kier alpha value is 0.580. The predicted octanol–water partition coefficient (Wildman–Crippen LogP) is 2.21. The fourth-order valence-corrected chi connectivity index (χ4v) is 3.16. The number of rotatable bonds is 19. The SMILES string of the molecule is O=C(CCC(=O)SCCOCCOCCS)SCCOCCOCCS. The van der Waals surface area contributed by atoms with E-state index in [9.17, 15) is 9.59 Å². The highest BCUT2D eigenvalue weighted by molar-refractivity contribution is 8.14. The summed E-state index contributed by atoms with van der Waals surface area (Å²) in [4.78, 5) is 23.4. The Balaban J connectivity index is 3.33. The predicted molar refractivity (Wildman–Crippen MR) is 115 cm³/mol. The zero-order chi connectivity index (χ0) is 19.3. The molecule has 0 aliphatic carbocycles. The van der Waals surface area contributed by atoms with E-state index in [-0.39, 0.29) is 23.1 Å². The van der Waals surface area contributed by atoms with Crippen molar-refractivity contribution in [3.05, 3.63) is 0 Å². The van der Waals surface area contributed by atoms with Crippen LogP contribution in [0.1, 0.15) is 12.8 Å². The van der Waals surface area contributed by atoms with Crippen LogP contribution in [-0.4, -0.2) is 86.1 Å². The zero-order valence-corrected chi connectivity index (χ0v) is 18.5. The Kier molecular flexibility index (Phi) is 22.4. The highest BCUT2D eigenvalue weighted by Gasteiger charge is 2.08. The molecule has 0 N–H and O–H groups in total. The third-order valence-electron chi connectivity index (χ3n) is 2.73. The lowest BCUT2D eigenvalue weighted by atomic mass is 10.4. The molecule has 0 saturated carbocycles. The van der Waals surface area contributed by atoms with Gasteiger partial charge in [0.25, 0.3) is 0 Å². The average Bonchev–Trinajstić information content (AvgIpc) is 2.64. The molecular formula is C16H30O6S4. The molecule has 0 heterocycles. The Bertz CT molecular complexity index is 315. The molecule has 0 radical (unpaired) electrons. The Morgan fingerprint density at radius 3 is 1.27 bits per heavy atom. The van der Waals surface area contributed by atoms with Gasteiger partial charge < -0.3 is 18.9 Å². The van der Waals surface area contributed by atoms with Crippen LogP contribution in [0.4, 0.5) is 0 Å². The van der Waals surface area contributed by atoms with Crippen molar-refractivity contribution in [1.29, 1.82) is 0 Å². The number of thiol groups is 2. The first-order valence-corrected chi connectivity index (χ1v) is 11.8. The van der Waals surface area contributed by atoms with Crippen molar-refractivity contribution in [3.8, 4) is 0 Å². The van der Waals surface area contributed by atoms with Crippen LogP contribution in [0.15, 0.2) is 0 Å². The van der Waals surface area contributed by atoms with E-state index in [1.165, 1.54) is 23.5 Å². The summed E-state index contributed by atoms with van der Waals surface area (Å²) in [6.45, 7) is 4.33. The smallest absolute Gasteiger partial charge is 0.189 e. The number of carbonyl (C=O) groups is 2. The molecule has 6 nitrogen and oxygen atoms in total. The van der Waals surface area contributed by atoms with E-state index >= 15 is 0 Å². The highest BCUT2D eigenvalue weighted by atomic mass is 32.2. The van der Waals surface area contributed by atoms with Crippen LogP contribution in [0.3, 0.4) is 0 Å². The first kappa shape index (κ1) is 26.6. The standard InChI is InChI=1S/C16H30O6S4/c17-15(25-13-9-21-5-3-19-7-11-23)1-2-16(18)26-14-10-22-6-4-20-8-12-24/h23-24H,1-14H2. The van der Waals surface area contributed by atoms with Crippen LogP contribution in [-0.2, 0) is 28.5 Å². The van der Waals surface area contributed by atoms with Crippen molar-refractivity contribution in [2.24, 2.45) is 0 Å². The summed E-state index contributed by atoms with van der Waals surface area (Å²) in [6.07, 6.45) is 0.528. The van der Waals surface area contributed by atoms with E-state index < -0.39 is 0 Å². The van der Waals surface area contributed by atoms with E-state index in [1.54, 1.807) is 0 Å². The summed E-state index contributed by atoms with van der Waals surface area (Å²) < 4.78 is 21.1. The van der Waals surface area contributed by atoms with Crippen molar-refractivity contribution < 1.29 is 28.5 Å². The molecule has 154 valence electrons. The molecule has 0 aromatic rings. The second-order valence-corrected chi connectivity index (χ2v) is 8.04. The molecule has 0 fully saturated rings. The van der Waals surface area contributed by atoms with Crippen LogP contribution in [0.25, 0.3) is 0 Å². The lowest BCUT2D eigenvalue weighted by Gasteiger charge is -2.05. The third kappa shape index (κ3) is 20.9. The largest absolute Gasteiger partial charge is 0.378 e. The second kappa shape index (κ2) is 21.9. The fourth-order valence-electron chi connectivity index (χ4n) is 1.55. The Morgan fingerprint density at radius 2 is 0.923 bits per heavy atom. The van der Waals surface area contributed by atoms with Crippen molar-refractivity contribution >= 4 is 59.0 Å². The maximum atomic E-state index is 11.7. The molecule has 0 atom stereocenters. The molecule has 10 heteroatoms. The summed E-state index contributed by atoms with van der Waals surface area (Å²) in [5.74, 6) is 2.58. The van der Waals surface area contributed by atoms with Gasteiger partial charge in [-0.15, -0.1) is 0 Å². The van der Waals surface area contributed by atoms with Crippen LogP contribution >= 0.6 is 48.8 Å². The summed E-state index contributed by atoms with van der Waals surface area (Å²) >= 11 is 10.5. The topological polar surface area (TPSA) is 71.1 Å². The normalized spacial score (nSPS) is 11.0. The average molecular weight is 447 g/mol. The zero-order valence-electron chi connectivity index (χ0n) is 15.1. The van der Waals surface area contributed by atoms with Crippen molar-refractivity contribution in [2.45, 2.75) is 12.8 Å². The van der Waals surface area contributed by atoms with E-state index in [2.05, 4.69) is 25.3 Å². The highest BCUT2D eigenvalue weighted by Crippen LogP contribution is 2.12. The molecule has 0 amide bonds. The van der Waals surface area contributed by atoms with Crippen LogP contribution in [0.2, 0.25) is 0 Å². The van der Waals surface area contributed by atoms with Gasteiger partial charge in [-0.2, -0.15) is 25.3 Å². The van der Waals surface area contributed by atoms with Gasteiger partial charge in [0.2, 0.25) is 0 Å². The van der Waals surface area contributed by atoms with Gasteiger partial charge in [-0.05, 0) is 0 Å². The van der Waals surface area contributed by atoms with Gasteiger partial charge in [-0.3, -0.25) is 9.59 Å². The summed E-state index contributed by atoms with van der Waals surface area (Å²) in [6, 6.07) is 0. The summed E-state index contributed by atoms with van der Waals surface area (Å²) in [5.41, 5.74) is 0. The summed E-state index contributed by atoms with van der Waals surface area (Å²) in [7, 11) is 0. The molecule has 0 aliphatic rings. The molecule has 26 heavy (non-hydrogen) atoms. The van der Waals surface area contributed by atoms with E-state index in [0.717, 1.165) is 0 Å². The number of hydrogen-bond donors (Lipinski definition) is 2. The quantitative estimate of drug-likeness (QED) is 0.231. The van der Waals surface area contributed by atoms with Crippen molar-refractivity contribution in [2.75, 3.05) is 75.9 Å². The first-order valence-electron chi connectivity index (χ1n) is 8.54. The lowest BCUT2D eigenvalue weighted by molar-refractivity contribution is -0.115. The van der Waals surface area contributed by atoms with Gasteiger partial charge in [0.1, 0.15) is 0 Å². The molecule has 0 aromatic carbocycles. The van der Waals surface area contributed by atoms with Crippen molar-refractivity contribution in [3.63, 3.8) is 0 Å². The fraction of sp³-hybridized carbons (Fsp3) is 0.875. The van der Waals surface area contributed by atoms with E-state index in [4.69, 9.17) is 18.9 Å². The van der Waals surface area contributed by atoms with Crippen LogP contribution in [0, 0.1) is 0 Å². The number of hydrogen-bond acceptors (Lipinski definition) is 10. The Labute approximate surface area is 176 Å². The van der Waals surface area contributed by atoms with Gasteiger partial charge in [0, 0.05) is 35.9 Å². The lowest BCUT2D eigenvalue weighted by Crippen LogP contribution is -2.09. The first-order chi connectivity index (χ1) is 12.7. The van der Waals surface area contributed by atoms with Crippen molar-refractivity contribution in [1.82, 2.24) is 0 Å². The molecule has 0 aromatic heterocycles. The molecule has 0 saturated heterocycles. The number of ether oxygens (including phenoxy) is 4. The summed E-state index contributed by atoms with van der Waals surface area (Å²) in [5, 5.41) is 0.0397. The minimum atomic E-state index is 0.0199. The van der Waals surface area contributed by atoms with Gasteiger partial charge in [-0.1, -0.05) is 23.5 Å². The minimum absolute atomic E-state index is 0.0199. The van der Waals surface area contributed by atoms with Gasteiger partial charge >= 0.3 is 0 Å². The van der Waals surface area contributed by atoms with E-state index in [0.29, 0.717) is 75.9 Å². The molecule has 0 spiro atoms.